The van der Waals surface area contributed by atoms with E-state index in [2.05, 4.69) is 54.6 Å². The van der Waals surface area contributed by atoms with Crippen molar-refractivity contribution in [1.29, 1.82) is 0 Å². The quantitative estimate of drug-likeness (QED) is 0.531. The van der Waals surface area contributed by atoms with Crippen LogP contribution in [0.1, 0.15) is 48.9 Å². The lowest BCUT2D eigenvalue weighted by Crippen LogP contribution is -2.37. The van der Waals surface area contributed by atoms with Gasteiger partial charge in [-0.1, -0.05) is 80.6 Å². The first-order valence-electron chi connectivity index (χ1n) is 11.1. The van der Waals surface area contributed by atoms with E-state index >= 15 is 0 Å². The molecule has 0 saturated carbocycles. The minimum absolute atomic E-state index is 0.0181. The summed E-state index contributed by atoms with van der Waals surface area (Å²) in [5.41, 5.74) is 11.0. The minimum atomic E-state index is -0.849. The lowest BCUT2D eigenvalue weighted by Gasteiger charge is -2.24. The van der Waals surface area contributed by atoms with Crippen molar-refractivity contribution in [2.24, 2.45) is 17.6 Å². The number of rotatable bonds is 8. The third-order valence-corrected chi connectivity index (χ3v) is 5.67. The molecule has 5 heteroatoms. The Morgan fingerprint density at radius 3 is 2.09 bits per heavy atom. The predicted molar refractivity (Wildman–Crippen MR) is 130 cm³/mol. The van der Waals surface area contributed by atoms with E-state index in [1.54, 1.807) is 11.9 Å². The zero-order chi connectivity index (χ0) is 23.1. The first-order chi connectivity index (χ1) is 15.4. The molecule has 3 rings (SSSR count). The van der Waals surface area contributed by atoms with Gasteiger partial charge in [0, 0.05) is 13.6 Å². The summed E-state index contributed by atoms with van der Waals surface area (Å²) in [4.78, 5) is 25.7. The lowest BCUT2D eigenvalue weighted by atomic mass is 9.92. The van der Waals surface area contributed by atoms with Gasteiger partial charge in [-0.05, 0) is 46.6 Å². The Kier molecular flexibility index (Phi) is 7.87. The molecule has 2 N–H and O–H groups in total. The smallest absolute Gasteiger partial charge is 0.404 e. The summed E-state index contributed by atoms with van der Waals surface area (Å²) < 4.78 is 4.94. The first kappa shape index (κ1) is 23.3. The van der Waals surface area contributed by atoms with Gasteiger partial charge in [-0.15, -0.1) is 0 Å². The van der Waals surface area contributed by atoms with Gasteiger partial charge in [0.25, 0.3) is 0 Å². The molecule has 32 heavy (non-hydrogen) atoms. The van der Waals surface area contributed by atoms with Crippen LogP contribution < -0.4 is 5.73 Å². The highest BCUT2D eigenvalue weighted by atomic mass is 16.5. The molecule has 1 aliphatic rings. The fraction of sp³-hybridized carbons (Fsp3) is 0.333. The molecule has 2 amide bonds. The highest BCUT2D eigenvalue weighted by Crippen LogP contribution is 2.33. The number of carbonyl (C=O) groups excluding carboxylic acids is 2. The van der Waals surface area contributed by atoms with Gasteiger partial charge in [0.05, 0.1) is 5.92 Å². The average Bonchev–Trinajstić information content (AvgIpc) is 2.93. The standard InChI is InChI=1S/C27H32N2O3/c1-19(2)17-22(18-32-27(28)31)26(30)29(3)16-8-13-25-23-11-6-4-9-20(23)14-15-21-10-5-7-12-24(21)25/h4-7,9-15,19,22H,8,16-18H2,1-3H3,(H2,28,31)/t22-/m0/s1. The fourth-order valence-corrected chi connectivity index (χ4v) is 4.14. The van der Waals surface area contributed by atoms with E-state index in [9.17, 15) is 9.59 Å². The zero-order valence-corrected chi connectivity index (χ0v) is 19.1. The number of amides is 2. The third-order valence-electron chi connectivity index (χ3n) is 5.67. The van der Waals surface area contributed by atoms with Gasteiger partial charge >= 0.3 is 6.09 Å². The van der Waals surface area contributed by atoms with E-state index in [1.165, 1.54) is 27.8 Å². The van der Waals surface area contributed by atoms with E-state index in [4.69, 9.17) is 10.5 Å². The van der Waals surface area contributed by atoms with E-state index in [0.717, 1.165) is 0 Å². The van der Waals surface area contributed by atoms with Crippen LogP contribution in [-0.4, -0.2) is 37.1 Å². The number of primary amides is 1. The van der Waals surface area contributed by atoms with Crippen molar-refractivity contribution in [1.82, 2.24) is 4.90 Å². The van der Waals surface area contributed by atoms with Crippen molar-refractivity contribution >= 4 is 29.7 Å². The van der Waals surface area contributed by atoms with Crippen LogP contribution in [-0.2, 0) is 9.53 Å². The van der Waals surface area contributed by atoms with Gasteiger partial charge in [0.15, 0.2) is 0 Å². The summed E-state index contributed by atoms with van der Waals surface area (Å²) >= 11 is 0. The Bertz CT molecular complexity index is 972. The molecule has 1 atom stereocenters. The van der Waals surface area contributed by atoms with Crippen molar-refractivity contribution in [2.75, 3.05) is 20.2 Å². The Morgan fingerprint density at radius 1 is 1.00 bits per heavy atom. The molecule has 0 fully saturated rings. The monoisotopic (exact) mass is 432 g/mol. The van der Waals surface area contributed by atoms with Crippen molar-refractivity contribution in [3.8, 4) is 0 Å². The molecule has 0 heterocycles. The zero-order valence-electron chi connectivity index (χ0n) is 19.1. The summed E-state index contributed by atoms with van der Waals surface area (Å²) in [6.45, 7) is 4.68. The van der Waals surface area contributed by atoms with Gasteiger partial charge in [0.1, 0.15) is 6.61 Å². The Morgan fingerprint density at radius 2 is 1.56 bits per heavy atom. The molecule has 168 valence electrons. The van der Waals surface area contributed by atoms with Crippen LogP contribution in [0.25, 0.3) is 17.7 Å². The van der Waals surface area contributed by atoms with E-state index in [1.807, 2.05) is 26.0 Å². The molecular weight excluding hydrogens is 400 g/mol. The van der Waals surface area contributed by atoms with Crippen molar-refractivity contribution < 1.29 is 14.3 Å². The largest absolute Gasteiger partial charge is 0.449 e. The van der Waals surface area contributed by atoms with Gasteiger partial charge < -0.3 is 15.4 Å². The summed E-state index contributed by atoms with van der Waals surface area (Å²) in [6.07, 6.45) is 7.03. The van der Waals surface area contributed by atoms with E-state index in [0.29, 0.717) is 25.3 Å². The SMILES string of the molecule is CC(C)C[C@@H](COC(N)=O)C(=O)N(C)CCC=C1c2ccccc2C=Cc2ccccc21. The molecule has 0 spiro atoms. The number of hydrogen-bond donors (Lipinski definition) is 1. The minimum Gasteiger partial charge on any atom is -0.449 e. The molecule has 0 aliphatic heterocycles. The van der Waals surface area contributed by atoms with Crippen LogP contribution in [0, 0.1) is 11.8 Å². The fourth-order valence-electron chi connectivity index (χ4n) is 4.14. The van der Waals surface area contributed by atoms with E-state index < -0.39 is 6.09 Å². The number of nitrogens with zero attached hydrogens (tertiary/aromatic N) is 1. The van der Waals surface area contributed by atoms with Crippen molar-refractivity contribution in [2.45, 2.75) is 26.7 Å². The molecule has 0 saturated heterocycles. The normalized spacial score (nSPS) is 13.1. The van der Waals surface area contributed by atoms with Crippen LogP contribution in [0.15, 0.2) is 54.6 Å². The lowest BCUT2D eigenvalue weighted by molar-refractivity contribution is -0.136. The number of hydrogen-bond acceptors (Lipinski definition) is 3. The van der Waals surface area contributed by atoms with Crippen LogP contribution in [0.5, 0.6) is 0 Å². The number of fused-ring (bicyclic) bond motifs is 2. The topological polar surface area (TPSA) is 72.6 Å². The maximum absolute atomic E-state index is 13.0. The predicted octanol–water partition coefficient (Wildman–Crippen LogP) is 5.21. The Labute approximate surface area is 190 Å². The maximum Gasteiger partial charge on any atom is 0.404 e. The van der Waals surface area contributed by atoms with Crippen LogP contribution in [0.2, 0.25) is 0 Å². The highest BCUT2D eigenvalue weighted by molar-refractivity contribution is 5.93. The van der Waals surface area contributed by atoms with Crippen LogP contribution in [0.4, 0.5) is 4.79 Å². The summed E-state index contributed by atoms with van der Waals surface area (Å²) in [5.74, 6) is -0.104. The van der Waals surface area contributed by atoms with Crippen molar-refractivity contribution in [3.63, 3.8) is 0 Å². The maximum atomic E-state index is 13.0. The number of nitrogens with two attached hydrogens (primary N) is 1. The van der Waals surface area contributed by atoms with Crippen molar-refractivity contribution in [3.05, 3.63) is 76.9 Å². The van der Waals surface area contributed by atoms with Gasteiger partial charge in [-0.25, -0.2) is 4.79 Å². The molecular formula is C27H32N2O3. The Hall–Kier alpha value is -3.34. The number of benzene rings is 2. The van der Waals surface area contributed by atoms with Gasteiger partial charge in [-0.2, -0.15) is 0 Å². The molecule has 2 aromatic carbocycles. The molecule has 5 nitrogen and oxygen atoms in total. The summed E-state index contributed by atoms with van der Waals surface area (Å²) in [6, 6.07) is 16.7. The van der Waals surface area contributed by atoms with Crippen LogP contribution >= 0.6 is 0 Å². The molecule has 0 aromatic heterocycles. The van der Waals surface area contributed by atoms with E-state index in [-0.39, 0.29) is 18.4 Å². The second-order valence-corrected chi connectivity index (χ2v) is 8.63. The molecule has 1 aliphatic carbocycles. The molecule has 0 bridgehead atoms. The van der Waals surface area contributed by atoms with Crippen LogP contribution in [0.3, 0.4) is 0 Å². The molecule has 0 radical (unpaired) electrons. The average molecular weight is 433 g/mol. The number of ether oxygens (including phenoxy) is 1. The summed E-state index contributed by atoms with van der Waals surface area (Å²) in [7, 11) is 1.80. The summed E-state index contributed by atoms with van der Waals surface area (Å²) in [5, 5.41) is 0. The van der Waals surface area contributed by atoms with Gasteiger partial charge in [0.2, 0.25) is 5.91 Å². The molecule has 2 aromatic rings. The second kappa shape index (κ2) is 10.8. The Balaban J connectivity index is 1.76. The first-order valence-corrected chi connectivity index (χ1v) is 11.1. The highest BCUT2D eigenvalue weighted by Gasteiger charge is 2.24. The third kappa shape index (κ3) is 5.88. The second-order valence-electron chi connectivity index (χ2n) is 8.63. The van der Waals surface area contributed by atoms with Gasteiger partial charge in [-0.3, -0.25) is 4.79 Å². The number of carbonyl (C=O) groups is 2. The molecule has 0 unspecified atom stereocenters.